The fourth-order valence-corrected chi connectivity index (χ4v) is 2.79. The molecule has 6 nitrogen and oxygen atoms in total. The molecule has 0 aliphatic carbocycles. The van der Waals surface area contributed by atoms with Gasteiger partial charge in [0, 0.05) is 25.5 Å². The molecule has 1 aliphatic heterocycles. The van der Waals surface area contributed by atoms with E-state index in [1.807, 2.05) is 25.2 Å². The highest BCUT2D eigenvalue weighted by atomic mass is 35.5. The van der Waals surface area contributed by atoms with Crippen LogP contribution in [0.15, 0.2) is 18.2 Å². The summed E-state index contributed by atoms with van der Waals surface area (Å²) in [4.78, 5) is 13.4. The number of amides is 1. The van der Waals surface area contributed by atoms with Crippen molar-refractivity contribution in [3.8, 4) is 5.69 Å². The van der Waals surface area contributed by atoms with Gasteiger partial charge in [-0.3, -0.25) is 9.69 Å². The number of nitrogens with one attached hydrogen (secondary N) is 1. The Morgan fingerprint density at radius 1 is 1.43 bits per heavy atom. The zero-order valence-corrected chi connectivity index (χ0v) is 12.7. The van der Waals surface area contributed by atoms with Gasteiger partial charge in [-0.15, -0.1) is 5.10 Å². The lowest BCUT2D eigenvalue weighted by Crippen LogP contribution is -2.34. The first-order valence-electron chi connectivity index (χ1n) is 6.82. The van der Waals surface area contributed by atoms with Crippen LogP contribution in [0.25, 0.3) is 5.69 Å². The molecule has 0 saturated heterocycles. The van der Waals surface area contributed by atoms with E-state index < -0.39 is 0 Å². The molecule has 0 bridgehead atoms. The largest absolute Gasteiger partial charge is 0.386 e. The molecular weight excluding hydrogens is 290 g/mol. The number of carbonyl (C=O) groups excluding carboxylic acids is 1. The Balaban J connectivity index is 2.13. The van der Waals surface area contributed by atoms with Gasteiger partial charge in [-0.1, -0.05) is 16.8 Å². The summed E-state index contributed by atoms with van der Waals surface area (Å²) in [6, 6.07) is 5.56. The third kappa shape index (κ3) is 2.35. The van der Waals surface area contributed by atoms with Crippen molar-refractivity contribution in [2.45, 2.75) is 19.8 Å². The second kappa shape index (κ2) is 5.37. The van der Waals surface area contributed by atoms with Crippen molar-refractivity contribution in [2.75, 3.05) is 23.8 Å². The monoisotopic (exact) mass is 305 g/mol. The smallest absolute Gasteiger partial charge is 0.225 e. The number of anilines is 2. The third-order valence-electron chi connectivity index (χ3n) is 3.63. The van der Waals surface area contributed by atoms with Gasteiger partial charge < -0.3 is 5.32 Å². The van der Waals surface area contributed by atoms with Crippen LogP contribution in [0, 0.1) is 0 Å². The van der Waals surface area contributed by atoms with E-state index in [0.29, 0.717) is 17.4 Å². The molecule has 0 radical (unpaired) electrons. The minimum absolute atomic E-state index is 0.0112. The number of rotatable bonds is 2. The van der Waals surface area contributed by atoms with Gasteiger partial charge in [0.2, 0.25) is 5.91 Å². The maximum Gasteiger partial charge on any atom is 0.225 e. The standard InChI is InChI=1S/C14H16ClN5O/c1-9(21)19-7-3-4-12-14(19)17-18-20(12)13-8-10(15)5-6-11(13)16-2/h5-6,8,16H,3-4,7H2,1-2H3. The molecule has 7 heteroatoms. The summed E-state index contributed by atoms with van der Waals surface area (Å²) in [5, 5.41) is 12.2. The summed E-state index contributed by atoms with van der Waals surface area (Å²) in [5.41, 5.74) is 2.69. The zero-order chi connectivity index (χ0) is 15.0. The van der Waals surface area contributed by atoms with E-state index in [1.165, 1.54) is 0 Å². The molecule has 21 heavy (non-hydrogen) atoms. The Hall–Kier alpha value is -2.08. The van der Waals surface area contributed by atoms with Crippen molar-refractivity contribution in [1.29, 1.82) is 0 Å². The molecule has 2 heterocycles. The first kappa shape index (κ1) is 13.9. The number of hydrogen-bond acceptors (Lipinski definition) is 4. The molecule has 0 unspecified atom stereocenters. The predicted octanol–water partition coefficient (Wildman–Crippen LogP) is 2.26. The first-order valence-corrected chi connectivity index (χ1v) is 7.20. The van der Waals surface area contributed by atoms with Crippen LogP contribution in [0.5, 0.6) is 0 Å². The molecule has 1 aliphatic rings. The summed E-state index contributed by atoms with van der Waals surface area (Å²) in [7, 11) is 1.85. The number of nitrogens with zero attached hydrogens (tertiary/aromatic N) is 4. The summed E-state index contributed by atoms with van der Waals surface area (Å²) >= 11 is 6.10. The highest BCUT2D eigenvalue weighted by molar-refractivity contribution is 6.30. The minimum atomic E-state index is -0.0112. The highest BCUT2D eigenvalue weighted by Crippen LogP contribution is 2.30. The topological polar surface area (TPSA) is 63.1 Å². The van der Waals surface area contributed by atoms with Crippen LogP contribution < -0.4 is 10.2 Å². The van der Waals surface area contributed by atoms with E-state index in [9.17, 15) is 4.79 Å². The van der Waals surface area contributed by atoms with Crippen LogP contribution in [0.3, 0.4) is 0 Å². The van der Waals surface area contributed by atoms with Crippen LogP contribution in [-0.4, -0.2) is 34.5 Å². The third-order valence-corrected chi connectivity index (χ3v) is 3.87. The molecule has 2 aromatic rings. The second-order valence-electron chi connectivity index (χ2n) is 4.96. The van der Waals surface area contributed by atoms with E-state index in [2.05, 4.69) is 15.6 Å². The van der Waals surface area contributed by atoms with Gasteiger partial charge >= 0.3 is 0 Å². The lowest BCUT2D eigenvalue weighted by molar-refractivity contribution is -0.116. The lowest BCUT2D eigenvalue weighted by Gasteiger charge is -2.24. The van der Waals surface area contributed by atoms with E-state index in [-0.39, 0.29) is 5.91 Å². The molecule has 1 aromatic carbocycles. The normalized spacial score (nSPS) is 14.0. The zero-order valence-electron chi connectivity index (χ0n) is 11.9. The van der Waals surface area contributed by atoms with Gasteiger partial charge in [0.05, 0.1) is 17.1 Å². The molecule has 0 atom stereocenters. The van der Waals surface area contributed by atoms with E-state index in [0.717, 1.165) is 29.9 Å². The summed E-state index contributed by atoms with van der Waals surface area (Å²) in [5.74, 6) is 0.638. The van der Waals surface area contributed by atoms with Gasteiger partial charge in [0.1, 0.15) is 0 Å². The molecule has 1 aromatic heterocycles. The van der Waals surface area contributed by atoms with Crippen LogP contribution >= 0.6 is 11.6 Å². The molecular formula is C14H16ClN5O. The SMILES string of the molecule is CNc1ccc(Cl)cc1-n1nnc2c1CCCN2C(C)=O. The quantitative estimate of drug-likeness (QED) is 0.924. The lowest BCUT2D eigenvalue weighted by atomic mass is 10.1. The second-order valence-corrected chi connectivity index (χ2v) is 5.39. The van der Waals surface area contributed by atoms with Gasteiger partial charge in [-0.2, -0.15) is 0 Å². The molecule has 1 amide bonds. The van der Waals surface area contributed by atoms with E-state index >= 15 is 0 Å². The van der Waals surface area contributed by atoms with Crippen molar-refractivity contribution in [3.05, 3.63) is 28.9 Å². The maximum atomic E-state index is 11.7. The Labute approximate surface area is 127 Å². The van der Waals surface area contributed by atoms with Crippen molar-refractivity contribution in [2.24, 2.45) is 0 Å². The molecule has 3 rings (SSSR count). The average molecular weight is 306 g/mol. The molecule has 0 fully saturated rings. The van der Waals surface area contributed by atoms with Crippen molar-refractivity contribution in [1.82, 2.24) is 15.0 Å². The number of hydrogen-bond donors (Lipinski definition) is 1. The van der Waals surface area contributed by atoms with Gasteiger partial charge in [0.15, 0.2) is 5.82 Å². The molecule has 110 valence electrons. The van der Waals surface area contributed by atoms with Gasteiger partial charge in [-0.05, 0) is 31.0 Å². The summed E-state index contributed by atoms with van der Waals surface area (Å²) in [6.07, 6.45) is 1.73. The molecule has 0 saturated carbocycles. The van der Waals surface area contributed by atoms with E-state index in [1.54, 1.807) is 16.5 Å². The Kier molecular flexibility index (Phi) is 3.55. The van der Waals surface area contributed by atoms with Crippen LogP contribution in [0.1, 0.15) is 19.0 Å². The van der Waals surface area contributed by atoms with E-state index in [4.69, 9.17) is 11.6 Å². The minimum Gasteiger partial charge on any atom is -0.386 e. The summed E-state index contributed by atoms with van der Waals surface area (Å²) in [6.45, 7) is 2.24. The Morgan fingerprint density at radius 2 is 2.24 bits per heavy atom. The fraction of sp³-hybridized carbons (Fsp3) is 0.357. The maximum absolute atomic E-state index is 11.7. The highest BCUT2D eigenvalue weighted by Gasteiger charge is 2.27. The number of halogens is 1. The predicted molar refractivity (Wildman–Crippen MR) is 82.3 cm³/mol. The number of carbonyl (C=O) groups is 1. The fourth-order valence-electron chi connectivity index (χ4n) is 2.62. The number of fused-ring (bicyclic) bond motifs is 1. The van der Waals surface area contributed by atoms with Crippen LogP contribution in [-0.2, 0) is 11.2 Å². The van der Waals surface area contributed by atoms with Crippen molar-refractivity contribution < 1.29 is 4.79 Å². The summed E-state index contributed by atoms with van der Waals surface area (Å²) < 4.78 is 1.77. The molecule has 1 N–H and O–H groups in total. The number of aromatic nitrogens is 3. The van der Waals surface area contributed by atoms with Crippen molar-refractivity contribution in [3.63, 3.8) is 0 Å². The first-order chi connectivity index (χ1) is 10.1. The van der Waals surface area contributed by atoms with Crippen LogP contribution in [0.2, 0.25) is 5.02 Å². The van der Waals surface area contributed by atoms with Gasteiger partial charge in [-0.25, -0.2) is 4.68 Å². The number of benzene rings is 1. The average Bonchev–Trinajstić information content (AvgIpc) is 2.90. The van der Waals surface area contributed by atoms with Crippen molar-refractivity contribution >= 4 is 29.0 Å². The van der Waals surface area contributed by atoms with Gasteiger partial charge in [0.25, 0.3) is 0 Å². The Morgan fingerprint density at radius 3 is 2.95 bits per heavy atom. The van der Waals surface area contributed by atoms with Crippen LogP contribution in [0.4, 0.5) is 11.5 Å². The Bertz CT molecular complexity index is 697. The molecule has 0 spiro atoms.